The van der Waals surface area contributed by atoms with E-state index in [4.69, 9.17) is 10.8 Å². The Kier molecular flexibility index (Phi) is 10.2. The quantitative estimate of drug-likeness (QED) is 0.150. The summed E-state index contributed by atoms with van der Waals surface area (Å²) in [5.74, 6) is -5.08. The van der Waals surface area contributed by atoms with Gasteiger partial charge in [-0.25, -0.2) is 9.78 Å². The summed E-state index contributed by atoms with van der Waals surface area (Å²) in [4.78, 5) is 65.8. The summed E-state index contributed by atoms with van der Waals surface area (Å²) >= 11 is 0. The van der Waals surface area contributed by atoms with E-state index in [0.717, 1.165) is 0 Å². The maximum Gasteiger partial charge on any atom is 0.326 e. The van der Waals surface area contributed by atoms with E-state index in [1.165, 1.54) is 26.4 Å². The van der Waals surface area contributed by atoms with Gasteiger partial charge >= 0.3 is 11.9 Å². The van der Waals surface area contributed by atoms with E-state index in [-0.39, 0.29) is 12.8 Å². The first kappa shape index (κ1) is 26.5. The second-order valence-electron chi connectivity index (χ2n) is 7.17. The van der Waals surface area contributed by atoms with Crippen molar-refractivity contribution in [3.8, 4) is 0 Å². The molecule has 5 unspecified atom stereocenters. The number of H-pyrrole nitrogens is 1. The smallest absolute Gasteiger partial charge is 0.326 e. The van der Waals surface area contributed by atoms with Crippen LogP contribution in [0.4, 0.5) is 0 Å². The van der Waals surface area contributed by atoms with Gasteiger partial charge < -0.3 is 42.0 Å². The molecule has 1 aromatic heterocycles. The van der Waals surface area contributed by atoms with Crippen molar-refractivity contribution in [2.24, 2.45) is 5.73 Å². The molecule has 14 heteroatoms. The second-order valence-corrected chi connectivity index (χ2v) is 7.17. The molecule has 32 heavy (non-hydrogen) atoms. The van der Waals surface area contributed by atoms with Gasteiger partial charge in [0, 0.05) is 24.7 Å². The van der Waals surface area contributed by atoms with Gasteiger partial charge in [-0.05, 0) is 20.3 Å². The molecule has 0 fully saturated rings. The van der Waals surface area contributed by atoms with Crippen molar-refractivity contribution in [1.29, 1.82) is 0 Å². The van der Waals surface area contributed by atoms with Crippen LogP contribution in [0.1, 0.15) is 32.4 Å². The van der Waals surface area contributed by atoms with Crippen LogP contribution in [-0.4, -0.2) is 85.2 Å². The van der Waals surface area contributed by atoms with E-state index >= 15 is 0 Å². The highest BCUT2D eigenvalue weighted by molar-refractivity contribution is 5.94. The number of aliphatic hydroxyl groups excluding tert-OH is 1. The average molecular weight is 456 g/mol. The Bertz CT molecular complexity index is 812. The average Bonchev–Trinajstić information content (AvgIpc) is 3.22. The van der Waals surface area contributed by atoms with Crippen molar-refractivity contribution in [2.75, 3.05) is 0 Å². The first-order chi connectivity index (χ1) is 14.9. The maximum atomic E-state index is 12.7. The lowest BCUT2D eigenvalue weighted by atomic mass is 10.1. The second kappa shape index (κ2) is 12.4. The lowest BCUT2D eigenvalue weighted by molar-refractivity contribution is -0.143. The van der Waals surface area contributed by atoms with Crippen LogP contribution in [-0.2, 0) is 30.4 Å². The molecular weight excluding hydrogens is 428 g/mol. The van der Waals surface area contributed by atoms with Gasteiger partial charge in [0.1, 0.15) is 24.2 Å². The fraction of sp³-hybridized carbons (Fsp3) is 0.556. The molecular formula is C18H28N6O8. The van der Waals surface area contributed by atoms with Crippen LogP contribution in [0.2, 0.25) is 0 Å². The van der Waals surface area contributed by atoms with Gasteiger partial charge in [-0.3, -0.25) is 19.2 Å². The number of carbonyl (C=O) groups excluding carboxylic acids is 3. The van der Waals surface area contributed by atoms with E-state index in [9.17, 15) is 34.2 Å². The van der Waals surface area contributed by atoms with Crippen molar-refractivity contribution in [3.05, 3.63) is 18.2 Å². The topological polar surface area (TPSA) is 237 Å². The highest BCUT2D eigenvalue weighted by atomic mass is 16.4. The number of nitrogens with two attached hydrogens (primary N) is 1. The van der Waals surface area contributed by atoms with Gasteiger partial charge in [0.05, 0.1) is 12.4 Å². The van der Waals surface area contributed by atoms with Crippen molar-refractivity contribution in [2.45, 2.75) is 63.4 Å². The molecule has 0 bridgehead atoms. The molecule has 0 saturated heterocycles. The molecule has 14 nitrogen and oxygen atoms in total. The van der Waals surface area contributed by atoms with Crippen LogP contribution in [0.15, 0.2) is 12.5 Å². The first-order valence-corrected chi connectivity index (χ1v) is 9.69. The Labute approximate surface area is 183 Å². The number of imidazole rings is 1. The number of hydrogen-bond donors (Lipinski definition) is 8. The minimum absolute atomic E-state index is 0.0866. The number of aliphatic carboxylic acids is 2. The zero-order valence-corrected chi connectivity index (χ0v) is 17.6. The molecule has 5 atom stereocenters. The Morgan fingerprint density at radius 3 is 2.16 bits per heavy atom. The van der Waals surface area contributed by atoms with Gasteiger partial charge in [-0.15, -0.1) is 0 Å². The number of aromatic amines is 1. The molecule has 3 amide bonds. The highest BCUT2D eigenvalue weighted by Crippen LogP contribution is 2.04. The molecule has 0 saturated carbocycles. The lowest BCUT2D eigenvalue weighted by Crippen LogP contribution is -2.57. The molecule has 9 N–H and O–H groups in total. The van der Waals surface area contributed by atoms with Gasteiger partial charge in [0.15, 0.2) is 0 Å². The highest BCUT2D eigenvalue weighted by Gasteiger charge is 2.30. The first-order valence-electron chi connectivity index (χ1n) is 9.69. The number of amides is 3. The fourth-order valence-electron chi connectivity index (χ4n) is 2.51. The molecule has 1 heterocycles. The minimum atomic E-state index is -1.49. The number of nitrogens with one attached hydrogen (secondary N) is 4. The Morgan fingerprint density at radius 2 is 1.66 bits per heavy atom. The normalized spacial score (nSPS) is 15.5. The minimum Gasteiger partial charge on any atom is -0.481 e. The van der Waals surface area contributed by atoms with Crippen molar-refractivity contribution in [3.63, 3.8) is 0 Å². The number of hydrogen-bond acceptors (Lipinski definition) is 8. The molecule has 1 rings (SSSR count). The SMILES string of the molecule is CC(NC(=O)C(N)C(C)O)C(=O)NC(Cc1cnc[nH]1)C(=O)NC(CCC(=O)O)C(=O)O. The summed E-state index contributed by atoms with van der Waals surface area (Å²) in [5.41, 5.74) is 5.97. The summed E-state index contributed by atoms with van der Waals surface area (Å²) in [5, 5.41) is 34.3. The van der Waals surface area contributed by atoms with E-state index in [0.29, 0.717) is 5.69 Å². The fourth-order valence-corrected chi connectivity index (χ4v) is 2.51. The molecule has 0 aliphatic carbocycles. The van der Waals surface area contributed by atoms with Gasteiger partial charge in [0.25, 0.3) is 0 Å². The van der Waals surface area contributed by atoms with E-state index in [1.807, 2.05) is 0 Å². The predicted octanol–water partition coefficient (Wildman–Crippen LogP) is -2.92. The summed E-state index contributed by atoms with van der Waals surface area (Å²) in [7, 11) is 0. The van der Waals surface area contributed by atoms with E-state index in [1.54, 1.807) is 0 Å². The zero-order valence-electron chi connectivity index (χ0n) is 17.6. The van der Waals surface area contributed by atoms with Crippen LogP contribution >= 0.6 is 0 Å². The molecule has 0 aromatic carbocycles. The molecule has 0 radical (unpaired) electrons. The van der Waals surface area contributed by atoms with Crippen molar-refractivity contribution in [1.82, 2.24) is 25.9 Å². The summed E-state index contributed by atoms with van der Waals surface area (Å²) < 4.78 is 0. The number of carbonyl (C=O) groups is 5. The molecule has 0 aliphatic rings. The predicted molar refractivity (Wildman–Crippen MR) is 108 cm³/mol. The molecule has 0 spiro atoms. The summed E-state index contributed by atoms with van der Waals surface area (Å²) in [6, 6.07) is -5.15. The monoisotopic (exact) mass is 456 g/mol. The van der Waals surface area contributed by atoms with E-state index in [2.05, 4.69) is 25.9 Å². The Morgan fingerprint density at radius 1 is 1.03 bits per heavy atom. The van der Waals surface area contributed by atoms with Gasteiger partial charge in [-0.1, -0.05) is 0 Å². The third-order valence-electron chi connectivity index (χ3n) is 4.45. The van der Waals surface area contributed by atoms with Crippen molar-refractivity contribution >= 4 is 29.7 Å². The van der Waals surface area contributed by atoms with E-state index < -0.39 is 66.4 Å². The van der Waals surface area contributed by atoms with Crippen LogP contribution in [0.25, 0.3) is 0 Å². The lowest BCUT2D eigenvalue weighted by Gasteiger charge is -2.23. The maximum absolute atomic E-state index is 12.7. The Balaban J connectivity index is 2.89. The Hall–Kier alpha value is -3.52. The number of rotatable bonds is 13. The van der Waals surface area contributed by atoms with Crippen LogP contribution in [0.3, 0.4) is 0 Å². The number of nitrogens with zero attached hydrogens (tertiary/aromatic N) is 1. The number of aliphatic hydroxyl groups is 1. The van der Waals surface area contributed by atoms with Gasteiger partial charge in [-0.2, -0.15) is 0 Å². The summed E-state index contributed by atoms with van der Waals surface area (Å²) in [6.07, 6.45) is 0.670. The van der Waals surface area contributed by atoms with Crippen molar-refractivity contribution < 1.29 is 39.3 Å². The van der Waals surface area contributed by atoms with Crippen LogP contribution in [0.5, 0.6) is 0 Å². The molecule has 0 aliphatic heterocycles. The largest absolute Gasteiger partial charge is 0.481 e. The van der Waals surface area contributed by atoms with Crippen LogP contribution < -0.4 is 21.7 Å². The number of aromatic nitrogens is 2. The number of carboxylic acids is 2. The molecule has 1 aromatic rings. The summed E-state index contributed by atoms with van der Waals surface area (Å²) in [6.45, 7) is 2.64. The van der Waals surface area contributed by atoms with Gasteiger partial charge in [0.2, 0.25) is 17.7 Å². The third kappa shape index (κ3) is 8.69. The number of carboxylic acid groups (broad SMARTS) is 2. The standard InChI is InChI=1S/C18H28N6O8/c1-8(22-17(30)14(19)9(2)25)15(28)24-12(5-10-6-20-7-21-10)16(29)23-11(18(31)32)3-4-13(26)27/h6-9,11-12,14,25H,3-5,19H2,1-2H3,(H,20,21)(H,22,30)(H,23,29)(H,24,28)(H,26,27)(H,31,32). The zero-order chi connectivity index (χ0) is 24.4. The third-order valence-corrected chi connectivity index (χ3v) is 4.45. The molecule has 178 valence electrons. The van der Waals surface area contributed by atoms with Crippen LogP contribution in [0, 0.1) is 0 Å².